The zero-order valence-corrected chi connectivity index (χ0v) is 26.4. The third-order valence-corrected chi connectivity index (χ3v) is 11.1. The second kappa shape index (κ2) is 11.7. The predicted molar refractivity (Wildman–Crippen MR) is 157 cm³/mol. The number of imidazole rings is 2. The molecule has 3 saturated heterocycles. The summed E-state index contributed by atoms with van der Waals surface area (Å²) in [6.45, 7) is -3.74. The quantitative estimate of drug-likeness (QED) is 0.178. The summed E-state index contributed by atoms with van der Waals surface area (Å²) in [6, 6.07) is 0. The molecule has 0 radical (unpaired) electrons. The van der Waals surface area contributed by atoms with Crippen LogP contribution < -0.4 is 11.3 Å². The Bertz CT molecular complexity index is 1960. The number of aliphatic hydroxyl groups excluding tert-OH is 1. The third kappa shape index (κ3) is 5.58. The Kier molecular flexibility index (Phi) is 8.09. The molecule has 6 N–H and O–H groups in total. The van der Waals surface area contributed by atoms with Crippen LogP contribution in [0.3, 0.4) is 0 Å². The van der Waals surface area contributed by atoms with Gasteiger partial charge in [-0.15, -0.1) is 0 Å². The van der Waals surface area contributed by atoms with Crippen LogP contribution in [0.5, 0.6) is 0 Å². The number of hydrogen-bond acceptors (Lipinski definition) is 15. The number of hydrogen-bond donors (Lipinski definition) is 5. The lowest BCUT2D eigenvalue weighted by atomic mass is 9.99. The van der Waals surface area contributed by atoms with E-state index in [4.69, 9.17) is 40.6 Å². The van der Waals surface area contributed by atoms with E-state index in [0.717, 1.165) is 0 Å². The number of nitrogens with two attached hydrogens (primary N) is 1. The minimum Gasteiger partial charge on any atom is -0.396 e. The second-order valence-electron chi connectivity index (χ2n) is 11.0. The molecule has 19 nitrogen and oxygen atoms in total. The zero-order valence-electron chi connectivity index (χ0n) is 23.8. The van der Waals surface area contributed by atoms with Crippen LogP contribution in [0.25, 0.3) is 22.3 Å². The van der Waals surface area contributed by atoms with Gasteiger partial charge in [0, 0.05) is 5.92 Å². The first-order valence-corrected chi connectivity index (χ1v) is 18.3. The lowest BCUT2D eigenvalue weighted by Gasteiger charge is -2.27. The van der Waals surface area contributed by atoms with Crippen molar-refractivity contribution in [3.8, 4) is 0 Å². The molecule has 7 rings (SSSR count). The number of aryl methyl sites for hydroxylation is 1. The number of aromatic nitrogens is 8. The predicted octanol–water partition coefficient (Wildman–Crippen LogP) is 0.184. The summed E-state index contributed by atoms with van der Waals surface area (Å²) in [5.74, 6) is -0.650. The van der Waals surface area contributed by atoms with Gasteiger partial charge in [-0.25, -0.2) is 29.3 Å². The highest BCUT2D eigenvalue weighted by Crippen LogP contribution is 2.55. The van der Waals surface area contributed by atoms with E-state index < -0.39 is 88.2 Å². The highest BCUT2D eigenvalue weighted by atomic mass is 32.5. The molecular formula is C23H28FN9O10P2S. The molecule has 3 aliphatic rings. The van der Waals surface area contributed by atoms with Gasteiger partial charge in [-0.1, -0.05) is 0 Å². The Labute approximate surface area is 262 Å². The SMILES string of the molecule is Cc1nc2c(ncn2C2OC3COP(O)(=S)OC4C(CCP(=O)(O)OC2C3CO)OC(n2cnc3c(N)ncnc32)C4F)c(=O)[nH]1. The van der Waals surface area contributed by atoms with Crippen molar-refractivity contribution in [2.45, 2.75) is 56.4 Å². The van der Waals surface area contributed by atoms with E-state index in [1.54, 1.807) is 6.92 Å². The van der Waals surface area contributed by atoms with E-state index in [-0.39, 0.29) is 40.4 Å². The number of anilines is 1. The molecule has 10 unspecified atom stereocenters. The summed E-state index contributed by atoms with van der Waals surface area (Å²) in [7, 11) is -4.54. The fourth-order valence-corrected chi connectivity index (χ4v) is 8.72. The highest BCUT2D eigenvalue weighted by Gasteiger charge is 2.53. The number of nitrogen functional groups attached to an aromatic ring is 1. The van der Waals surface area contributed by atoms with E-state index >= 15 is 4.39 Å². The van der Waals surface area contributed by atoms with Gasteiger partial charge >= 0.3 is 14.3 Å². The standard InChI is InChI=1S/C23H28FN9O10P2S/c1-9-30-20-15(21(35)31-9)29-8-33(20)23-16-10(4-34)12(41-23)5-39-45(38,46)43-17-11(2-3-44(36,37)42-16)40-22(13(17)24)32-7-28-14-18(25)26-6-27-19(14)32/h6-8,10-13,16-17,22-23,34H,2-5H2,1H3,(H,36,37)(H,38,46)(H2,25,26,27)(H,30,31,35). The zero-order chi connectivity index (χ0) is 32.5. The van der Waals surface area contributed by atoms with Crippen LogP contribution in [-0.4, -0.2) is 104 Å². The number of H-pyrrole nitrogens is 1. The lowest BCUT2D eigenvalue weighted by molar-refractivity contribution is -0.0494. The number of aliphatic hydroxyl groups is 1. The number of halogens is 1. The van der Waals surface area contributed by atoms with Gasteiger partial charge in [0.25, 0.3) is 5.56 Å². The van der Waals surface area contributed by atoms with Gasteiger partial charge in [-0.3, -0.25) is 23.0 Å². The molecule has 23 heteroatoms. The van der Waals surface area contributed by atoms with Crippen LogP contribution in [0.2, 0.25) is 0 Å². The number of aromatic amines is 1. The van der Waals surface area contributed by atoms with E-state index in [1.807, 2.05) is 0 Å². The first-order valence-electron chi connectivity index (χ1n) is 13.9. The van der Waals surface area contributed by atoms with Crippen molar-refractivity contribution in [1.29, 1.82) is 0 Å². The highest BCUT2D eigenvalue weighted by molar-refractivity contribution is 8.07. The molecule has 4 aromatic heterocycles. The molecule has 0 saturated carbocycles. The fraction of sp³-hybridized carbons (Fsp3) is 0.565. The molecule has 3 fully saturated rings. The molecule has 10 atom stereocenters. The molecule has 4 aromatic rings. The van der Waals surface area contributed by atoms with Crippen molar-refractivity contribution >= 4 is 54.3 Å². The van der Waals surface area contributed by atoms with Gasteiger partial charge in [0.1, 0.15) is 29.9 Å². The second-order valence-corrected chi connectivity index (χ2v) is 15.8. The summed E-state index contributed by atoms with van der Waals surface area (Å²) in [5, 5.41) is 10.3. The van der Waals surface area contributed by atoms with Crippen LogP contribution in [0, 0.1) is 12.8 Å². The first-order chi connectivity index (χ1) is 21.9. The molecule has 248 valence electrons. The Hall–Kier alpha value is -2.81. The van der Waals surface area contributed by atoms with Gasteiger partial charge in [0.15, 0.2) is 41.3 Å². The molecular weight excluding hydrogens is 675 g/mol. The maximum atomic E-state index is 16.1. The monoisotopic (exact) mass is 703 g/mol. The Morgan fingerprint density at radius 3 is 2.54 bits per heavy atom. The normalized spacial score (nSPS) is 37.2. The minimum absolute atomic E-state index is 0.0198. The molecule has 0 aliphatic carbocycles. The van der Waals surface area contributed by atoms with E-state index in [9.17, 15) is 24.3 Å². The van der Waals surface area contributed by atoms with Gasteiger partial charge in [0.05, 0.1) is 44.2 Å². The Morgan fingerprint density at radius 1 is 1.07 bits per heavy atom. The molecule has 0 spiro atoms. The molecule has 0 amide bonds. The summed E-state index contributed by atoms with van der Waals surface area (Å²) in [4.78, 5) is 57.6. The van der Waals surface area contributed by atoms with Gasteiger partial charge in [-0.05, 0) is 25.2 Å². The topological polar surface area (TPSA) is 257 Å². The number of nitrogens with zero attached hydrogens (tertiary/aromatic N) is 7. The third-order valence-electron chi connectivity index (χ3n) is 8.10. The van der Waals surface area contributed by atoms with Crippen LogP contribution in [0.1, 0.15) is 24.7 Å². The minimum atomic E-state index is -4.54. The summed E-state index contributed by atoms with van der Waals surface area (Å²) >= 11 is 5.23. The van der Waals surface area contributed by atoms with Crippen molar-refractivity contribution in [2.24, 2.45) is 5.92 Å². The van der Waals surface area contributed by atoms with Crippen LogP contribution >= 0.6 is 14.3 Å². The maximum absolute atomic E-state index is 16.1. The number of nitrogens with one attached hydrogen (secondary N) is 1. The van der Waals surface area contributed by atoms with Gasteiger partial charge in [-0.2, -0.15) is 0 Å². The fourth-order valence-electron chi connectivity index (χ4n) is 5.96. The van der Waals surface area contributed by atoms with E-state index in [2.05, 4.69) is 29.9 Å². The number of fused-ring (bicyclic) bond motifs is 5. The van der Waals surface area contributed by atoms with Crippen molar-refractivity contribution in [3.05, 3.63) is 35.2 Å². The number of alkyl halides is 1. The molecule has 46 heavy (non-hydrogen) atoms. The summed E-state index contributed by atoms with van der Waals surface area (Å²) in [6.07, 6.45) is -6.87. The molecule has 2 bridgehead atoms. The van der Waals surface area contributed by atoms with Crippen molar-refractivity contribution < 1.29 is 46.9 Å². The summed E-state index contributed by atoms with van der Waals surface area (Å²) < 4.78 is 61.4. The largest absolute Gasteiger partial charge is 0.396 e. The molecule has 3 aliphatic heterocycles. The Balaban J connectivity index is 1.22. The first kappa shape index (κ1) is 31.8. The van der Waals surface area contributed by atoms with Crippen LogP contribution in [0.4, 0.5) is 10.2 Å². The van der Waals surface area contributed by atoms with Crippen LogP contribution in [0.15, 0.2) is 23.8 Å². The van der Waals surface area contributed by atoms with Crippen LogP contribution in [-0.2, 0) is 39.4 Å². The smallest absolute Gasteiger partial charge is 0.328 e. The van der Waals surface area contributed by atoms with Crippen molar-refractivity contribution in [1.82, 2.24) is 39.0 Å². The average Bonchev–Trinajstić information content (AvgIpc) is 3.75. The molecule has 7 heterocycles. The lowest BCUT2D eigenvalue weighted by Crippen LogP contribution is -2.33. The van der Waals surface area contributed by atoms with Crippen molar-refractivity contribution in [3.63, 3.8) is 0 Å². The number of rotatable bonds is 3. The Morgan fingerprint density at radius 2 is 1.78 bits per heavy atom. The average molecular weight is 704 g/mol. The summed E-state index contributed by atoms with van der Waals surface area (Å²) in [5.41, 5.74) is 5.80. The van der Waals surface area contributed by atoms with Crippen molar-refractivity contribution in [2.75, 3.05) is 25.1 Å². The molecule has 0 aromatic carbocycles. The van der Waals surface area contributed by atoms with Gasteiger partial charge in [0.2, 0.25) is 0 Å². The maximum Gasteiger partial charge on any atom is 0.328 e. The van der Waals surface area contributed by atoms with E-state index in [0.29, 0.717) is 0 Å². The van der Waals surface area contributed by atoms with Gasteiger partial charge < -0.3 is 44.1 Å². The van der Waals surface area contributed by atoms with E-state index in [1.165, 1.54) is 28.1 Å². The number of ether oxygens (including phenoxy) is 2.